The number of halogens is 1. The molecule has 0 aliphatic heterocycles. The predicted molar refractivity (Wildman–Crippen MR) is 145 cm³/mol. The third-order valence-corrected chi connectivity index (χ3v) is 10.4. The molecule has 10 heteroatoms. The van der Waals surface area contributed by atoms with Crippen LogP contribution in [-0.4, -0.2) is 61.5 Å². The minimum atomic E-state index is -2.64. The van der Waals surface area contributed by atoms with Crippen molar-refractivity contribution in [1.82, 2.24) is 4.90 Å². The Kier molecular flexibility index (Phi) is 6.57. The number of Topliss-reactive ketones (excluding diaryl/α,β-unsaturated/α-hetero) is 2. The van der Waals surface area contributed by atoms with Crippen LogP contribution in [0.3, 0.4) is 0 Å². The molecule has 0 aromatic heterocycles. The maximum atomic E-state index is 16.2. The van der Waals surface area contributed by atoms with E-state index in [2.05, 4.69) is 11.8 Å². The van der Waals surface area contributed by atoms with Crippen LogP contribution in [0.2, 0.25) is 0 Å². The van der Waals surface area contributed by atoms with Crippen LogP contribution >= 0.6 is 0 Å². The molecule has 2 saturated carbocycles. The van der Waals surface area contributed by atoms with E-state index in [0.717, 1.165) is 45.2 Å². The van der Waals surface area contributed by atoms with Crippen molar-refractivity contribution < 1.29 is 39.2 Å². The molecule has 9 nitrogen and oxygen atoms in total. The van der Waals surface area contributed by atoms with Crippen LogP contribution in [0, 0.1) is 29.0 Å². The molecule has 1 unspecified atom stereocenters. The van der Waals surface area contributed by atoms with Crippen LogP contribution < -0.4 is 5.73 Å². The summed E-state index contributed by atoms with van der Waals surface area (Å²) in [5.41, 5.74) is 1.79. The number of aliphatic hydroxyl groups is 3. The molecule has 1 amide bonds. The molecular weight excluding hydrogens is 531 g/mol. The predicted octanol–water partition coefficient (Wildman–Crippen LogP) is 3.51. The number of phenolic OH excluding ortho intramolecular Hbond substituents is 1. The summed E-state index contributed by atoms with van der Waals surface area (Å²) < 4.78 is 16.2. The molecule has 6 rings (SSSR count). The lowest BCUT2D eigenvalue weighted by molar-refractivity contribution is -0.144. The number of hydrogen-bond acceptors (Lipinski definition) is 8. The Labute approximate surface area is 237 Å². The van der Waals surface area contributed by atoms with Crippen LogP contribution in [-0.2, 0) is 22.6 Å². The zero-order valence-corrected chi connectivity index (χ0v) is 23.2. The summed E-state index contributed by atoms with van der Waals surface area (Å²) >= 11 is 0. The Balaban J connectivity index is 1.35. The highest BCUT2D eigenvalue weighted by Gasteiger charge is 2.59. The van der Waals surface area contributed by atoms with E-state index in [1.54, 1.807) is 0 Å². The van der Waals surface area contributed by atoms with Crippen molar-refractivity contribution in [3.8, 4) is 5.75 Å². The highest BCUT2D eigenvalue weighted by atomic mass is 19.1. The number of primary amides is 1. The molecule has 41 heavy (non-hydrogen) atoms. The first kappa shape index (κ1) is 27.9. The van der Waals surface area contributed by atoms with Crippen molar-refractivity contribution in [2.24, 2.45) is 28.9 Å². The van der Waals surface area contributed by atoms with Gasteiger partial charge in [-0.2, -0.15) is 0 Å². The Hall–Kier alpha value is -3.24. The number of allylic oxidation sites excluding steroid dienone is 2. The van der Waals surface area contributed by atoms with Gasteiger partial charge in [-0.1, -0.05) is 13.3 Å². The van der Waals surface area contributed by atoms with Crippen LogP contribution in [0.25, 0.3) is 0 Å². The molecule has 0 radical (unpaired) electrons. The Morgan fingerprint density at radius 1 is 1.17 bits per heavy atom. The van der Waals surface area contributed by atoms with Gasteiger partial charge in [0.05, 0.1) is 5.56 Å². The average Bonchev–Trinajstić information content (AvgIpc) is 3.70. The molecule has 0 heterocycles. The molecule has 2 fully saturated rings. The summed E-state index contributed by atoms with van der Waals surface area (Å²) in [4.78, 5) is 40.8. The number of fused-ring (bicyclic) bond motifs is 3. The number of aromatic hydroxyl groups is 1. The van der Waals surface area contributed by atoms with Crippen molar-refractivity contribution >= 4 is 17.5 Å². The molecule has 5 aliphatic carbocycles. The Bertz CT molecular complexity index is 1420. The van der Waals surface area contributed by atoms with E-state index >= 15 is 4.39 Å². The summed E-state index contributed by atoms with van der Waals surface area (Å²) in [6.07, 6.45) is 6.49. The summed E-state index contributed by atoms with van der Waals surface area (Å²) in [6.45, 7) is 4.22. The number of hydrogen-bond donors (Lipinski definition) is 5. The normalized spacial score (nSPS) is 28.8. The first-order chi connectivity index (χ1) is 19.4. The number of rotatable bonds is 8. The van der Waals surface area contributed by atoms with E-state index in [-0.39, 0.29) is 41.4 Å². The van der Waals surface area contributed by atoms with Crippen molar-refractivity contribution in [1.29, 1.82) is 0 Å². The number of phenols is 1. The fourth-order valence-electron chi connectivity index (χ4n) is 7.70. The van der Waals surface area contributed by atoms with Crippen molar-refractivity contribution in [2.75, 3.05) is 13.1 Å². The van der Waals surface area contributed by atoms with E-state index in [0.29, 0.717) is 18.0 Å². The van der Waals surface area contributed by atoms with Gasteiger partial charge in [-0.25, -0.2) is 4.39 Å². The van der Waals surface area contributed by atoms with E-state index < -0.39 is 63.6 Å². The Morgan fingerprint density at radius 2 is 1.88 bits per heavy atom. The molecular formula is C31H37FN2O7. The molecule has 0 spiro atoms. The van der Waals surface area contributed by atoms with E-state index in [1.807, 2.05) is 0 Å². The van der Waals surface area contributed by atoms with Crippen LogP contribution in [0.4, 0.5) is 4.39 Å². The fraction of sp³-hybridized carbons (Fsp3) is 0.581. The fourth-order valence-corrected chi connectivity index (χ4v) is 7.70. The van der Waals surface area contributed by atoms with Crippen LogP contribution in [0.15, 0.2) is 28.7 Å². The topological polar surface area (TPSA) is 161 Å². The largest absolute Gasteiger partial charge is 0.511 e. The van der Waals surface area contributed by atoms with Gasteiger partial charge in [-0.3, -0.25) is 19.3 Å². The van der Waals surface area contributed by atoms with Crippen molar-refractivity contribution in [3.63, 3.8) is 0 Å². The third kappa shape index (κ3) is 4.29. The first-order valence-corrected chi connectivity index (χ1v) is 14.6. The lowest BCUT2D eigenvalue weighted by atomic mass is 9.60. The molecule has 6 N–H and O–H groups in total. The quantitative estimate of drug-likeness (QED) is 0.298. The summed E-state index contributed by atoms with van der Waals surface area (Å²) in [7, 11) is 0. The minimum Gasteiger partial charge on any atom is -0.511 e. The summed E-state index contributed by atoms with van der Waals surface area (Å²) in [5.74, 6) is -7.14. The molecule has 220 valence electrons. The van der Waals surface area contributed by atoms with Crippen LogP contribution in [0.5, 0.6) is 5.75 Å². The van der Waals surface area contributed by atoms with Gasteiger partial charge in [0, 0.05) is 48.7 Å². The van der Waals surface area contributed by atoms with Gasteiger partial charge in [0.1, 0.15) is 28.7 Å². The molecule has 1 aromatic carbocycles. The van der Waals surface area contributed by atoms with Gasteiger partial charge >= 0.3 is 0 Å². The molecule has 0 saturated heterocycles. The zero-order chi connectivity index (χ0) is 29.4. The molecule has 1 aromatic rings. The second-order valence-electron chi connectivity index (χ2n) is 13.0. The highest BCUT2D eigenvalue weighted by Crippen LogP contribution is 2.52. The van der Waals surface area contributed by atoms with Crippen molar-refractivity contribution in [3.05, 3.63) is 51.2 Å². The number of nitrogens with two attached hydrogens (primary N) is 1. The molecule has 0 bridgehead atoms. The zero-order valence-electron chi connectivity index (χ0n) is 23.2. The number of carbonyl (C=O) groups excluding carboxylic acids is 3. The van der Waals surface area contributed by atoms with Gasteiger partial charge in [0.2, 0.25) is 5.78 Å². The Morgan fingerprint density at radius 3 is 2.46 bits per heavy atom. The second kappa shape index (κ2) is 9.66. The monoisotopic (exact) mass is 568 g/mol. The van der Waals surface area contributed by atoms with Gasteiger partial charge in [0.15, 0.2) is 11.4 Å². The third-order valence-electron chi connectivity index (χ3n) is 10.4. The number of nitrogens with zero attached hydrogens (tertiary/aromatic N) is 1. The molecule has 5 aliphatic rings. The number of benzene rings is 1. The van der Waals surface area contributed by atoms with Gasteiger partial charge < -0.3 is 26.2 Å². The van der Waals surface area contributed by atoms with Gasteiger partial charge in [-0.15, -0.1) is 0 Å². The second-order valence-corrected chi connectivity index (χ2v) is 13.0. The maximum Gasteiger partial charge on any atom is 0.255 e. The maximum absolute atomic E-state index is 16.2. The smallest absolute Gasteiger partial charge is 0.255 e. The molecule has 3 atom stereocenters. The van der Waals surface area contributed by atoms with E-state index in [9.17, 15) is 34.8 Å². The number of carbonyl (C=O) groups is 3. The number of aliphatic hydroxyl groups excluding tert-OH is 2. The number of ketones is 2. The first-order valence-electron chi connectivity index (χ1n) is 14.6. The van der Waals surface area contributed by atoms with Gasteiger partial charge in [-0.05, 0) is 68.3 Å². The minimum absolute atomic E-state index is 0.0276. The van der Waals surface area contributed by atoms with E-state index in [1.165, 1.54) is 12.5 Å². The highest BCUT2D eigenvalue weighted by molar-refractivity contribution is 6.24. The SMILES string of the molecule is CCC1(CN(Cc2cc(O)c3c(c2F)CC2C[C@H]4CC(O)=C(C(N)=O)C(=O)[C@@]4(O)C(O)=C2C3=O)CC2CC2)CCC1. The average molecular weight is 569 g/mol. The van der Waals surface area contributed by atoms with E-state index in [4.69, 9.17) is 5.73 Å². The lowest BCUT2D eigenvalue weighted by Crippen LogP contribution is -2.57. The summed E-state index contributed by atoms with van der Waals surface area (Å²) in [5, 5.41) is 43.8. The number of amides is 1. The van der Waals surface area contributed by atoms with Crippen molar-refractivity contribution in [2.45, 2.75) is 76.9 Å². The van der Waals surface area contributed by atoms with Crippen LogP contribution in [0.1, 0.15) is 79.8 Å². The standard InChI is InChI=1S/C31H37FN2O7/c1-2-30(6-3-7-30)14-34(12-15-4-5-15)13-17-10-20(35)23-19(25(17)32)9-16-8-18-11-21(36)24(29(33)40)28(39)31(18,41)27(38)22(16)26(23)37/h10,15-16,18,35-36,38,41H,2-9,11-14H2,1H3,(H2,33,40)/t16?,18-,31-/m0/s1. The van der Waals surface area contributed by atoms with Gasteiger partial charge in [0.25, 0.3) is 5.91 Å². The summed E-state index contributed by atoms with van der Waals surface area (Å²) in [6, 6.07) is 1.28. The lowest BCUT2D eigenvalue weighted by Gasteiger charge is -2.46.